The van der Waals surface area contributed by atoms with Crippen LogP contribution in [0.25, 0.3) is 0 Å². The van der Waals surface area contributed by atoms with Gasteiger partial charge in [0.25, 0.3) is 0 Å². The number of ketones is 1. The monoisotopic (exact) mass is 156 g/mol. The topological polar surface area (TPSA) is 41.5 Å². The van der Waals surface area contributed by atoms with Crippen LogP contribution in [0.15, 0.2) is 5.10 Å². The maximum absolute atomic E-state index is 10.7. The van der Waals surface area contributed by atoms with Gasteiger partial charge in [-0.3, -0.25) is 4.79 Å². The predicted molar refractivity (Wildman–Crippen MR) is 46.7 cm³/mol. The highest BCUT2D eigenvalue weighted by Crippen LogP contribution is 2.07. The molecule has 0 amide bonds. The number of Topliss-reactive ketones (excluding diaryl/α,β-unsaturated/α-hetero) is 1. The number of nitrogens with one attached hydrogen (secondary N) is 1. The van der Waals surface area contributed by atoms with E-state index >= 15 is 0 Å². The molecular weight excluding hydrogens is 140 g/mol. The number of hydrazone groups is 1. The molecule has 0 aliphatic rings. The zero-order valence-corrected chi connectivity index (χ0v) is 7.64. The molecule has 0 aromatic rings. The quantitative estimate of drug-likeness (QED) is 0.493. The van der Waals surface area contributed by atoms with Gasteiger partial charge in [0.05, 0.1) is 5.54 Å². The van der Waals surface area contributed by atoms with Crippen molar-refractivity contribution in [2.45, 2.75) is 39.7 Å². The molecule has 3 nitrogen and oxygen atoms in total. The Kier molecular flexibility index (Phi) is 3.79. The maximum atomic E-state index is 10.7. The summed E-state index contributed by atoms with van der Waals surface area (Å²) in [5.41, 5.74) is 2.66. The number of hydrogen-bond donors (Lipinski definition) is 1. The first-order valence-corrected chi connectivity index (χ1v) is 3.72. The third-order valence-corrected chi connectivity index (χ3v) is 1.19. The molecule has 0 saturated carbocycles. The van der Waals surface area contributed by atoms with Gasteiger partial charge in [-0.05, 0) is 27.7 Å². The molecule has 0 aliphatic carbocycles. The zero-order valence-electron chi connectivity index (χ0n) is 7.64. The Labute approximate surface area is 67.9 Å². The molecule has 0 aromatic heterocycles. The number of nitrogens with zero attached hydrogens (tertiary/aromatic N) is 1. The van der Waals surface area contributed by atoms with E-state index in [4.69, 9.17) is 0 Å². The normalized spacial score (nSPS) is 12.0. The van der Waals surface area contributed by atoms with Crippen molar-refractivity contribution in [3.05, 3.63) is 0 Å². The van der Waals surface area contributed by atoms with Crippen molar-refractivity contribution in [2.24, 2.45) is 5.10 Å². The van der Waals surface area contributed by atoms with Crippen molar-refractivity contribution in [3.63, 3.8) is 0 Å². The van der Waals surface area contributed by atoms with E-state index in [1.54, 1.807) is 13.1 Å². The molecule has 0 spiro atoms. The second kappa shape index (κ2) is 4.11. The van der Waals surface area contributed by atoms with E-state index in [1.807, 2.05) is 20.8 Å². The van der Waals surface area contributed by atoms with Crippen molar-refractivity contribution in [3.8, 4) is 0 Å². The Morgan fingerprint density at radius 3 is 2.55 bits per heavy atom. The summed E-state index contributed by atoms with van der Waals surface area (Å²) in [5.74, 6) is 0.175. The number of carbonyl (C=O) groups is 1. The van der Waals surface area contributed by atoms with Crippen LogP contribution >= 0.6 is 0 Å². The summed E-state index contributed by atoms with van der Waals surface area (Å²) in [6.45, 7) is 7.30. The van der Waals surface area contributed by atoms with E-state index in [0.717, 1.165) is 0 Å². The molecule has 0 radical (unpaired) electrons. The Morgan fingerprint density at radius 2 is 2.18 bits per heavy atom. The smallest absolute Gasteiger partial charge is 0.132 e. The molecule has 0 rings (SSSR count). The van der Waals surface area contributed by atoms with Crippen LogP contribution in [0.3, 0.4) is 0 Å². The lowest BCUT2D eigenvalue weighted by atomic mass is 10.00. The molecule has 64 valence electrons. The molecule has 3 heteroatoms. The molecule has 0 unspecified atom stereocenters. The van der Waals surface area contributed by atoms with E-state index in [0.29, 0.717) is 6.42 Å². The lowest BCUT2D eigenvalue weighted by Gasteiger charge is -2.22. The molecule has 0 fully saturated rings. The number of rotatable bonds is 4. The summed E-state index contributed by atoms with van der Waals surface area (Å²) >= 11 is 0. The second-order valence-corrected chi connectivity index (χ2v) is 3.26. The Bertz CT molecular complexity index is 161. The van der Waals surface area contributed by atoms with Crippen molar-refractivity contribution in [1.82, 2.24) is 5.43 Å². The predicted octanol–water partition coefficient (Wildman–Crippen LogP) is 1.34. The summed E-state index contributed by atoms with van der Waals surface area (Å²) in [5, 5.41) is 3.87. The van der Waals surface area contributed by atoms with Gasteiger partial charge in [-0.25, -0.2) is 0 Å². The molecule has 0 heterocycles. The molecule has 0 aromatic carbocycles. The largest absolute Gasteiger partial charge is 0.304 e. The highest BCUT2D eigenvalue weighted by Gasteiger charge is 2.17. The fraction of sp³-hybridized carbons (Fsp3) is 0.750. The molecule has 0 atom stereocenters. The Morgan fingerprint density at radius 1 is 1.64 bits per heavy atom. The standard InChI is InChI=1S/C8H16N2O/c1-5-9-10-8(3,4)6-7(2)11/h5,10H,6H2,1-4H3/b9-5-. The van der Waals surface area contributed by atoms with Crippen molar-refractivity contribution >= 4 is 12.0 Å². The van der Waals surface area contributed by atoms with Crippen molar-refractivity contribution in [2.75, 3.05) is 0 Å². The van der Waals surface area contributed by atoms with Gasteiger partial charge in [-0.15, -0.1) is 0 Å². The van der Waals surface area contributed by atoms with Crippen LogP contribution < -0.4 is 5.43 Å². The molecule has 11 heavy (non-hydrogen) atoms. The third-order valence-electron chi connectivity index (χ3n) is 1.19. The van der Waals surface area contributed by atoms with Gasteiger partial charge in [-0.2, -0.15) is 5.10 Å². The average molecular weight is 156 g/mol. The zero-order chi connectivity index (χ0) is 8.91. The molecule has 1 N–H and O–H groups in total. The van der Waals surface area contributed by atoms with Crippen LogP contribution in [0.1, 0.15) is 34.1 Å². The van der Waals surface area contributed by atoms with Crippen LogP contribution in [0.5, 0.6) is 0 Å². The van der Waals surface area contributed by atoms with E-state index in [2.05, 4.69) is 10.5 Å². The highest BCUT2D eigenvalue weighted by molar-refractivity contribution is 5.76. The summed E-state index contributed by atoms with van der Waals surface area (Å²) in [7, 11) is 0. The van der Waals surface area contributed by atoms with Gasteiger partial charge in [-0.1, -0.05) is 0 Å². The second-order valence-electron chi connectivity index (χ2n) is 3.26. The Balaban J connectivity index is 3.89. The van der Waals surface area contributed by atoms with Crippen LogP contribution in [-0.4, -0.2) is 17.5 Å². The lowest BCUT2D eigenvalue weighted by molar-refractivity contribution is -0.118. The maximum Gasteiger partial charge on any atom is 0.132 e. The minimum atomic E-state index is -0.224. The van der Waals surface area contributed by atoms with Crippen LogP contribution in [0, 0.1) is 0 Å². The lowest BCUT2D eigenvalue weighted by Crippen LogP contribution is -2.37. The number of carbonyl (C=O) groups excluding carboxylic acids is 1. The van der Waals surface area contributed by atoms with Gasteiger partial charge < -0.3 is 5.43 Å². The fourth-order valence-corrected chi connectivity index (χ4v) is 0.901. The third kappa shape index (κ3) is 5.58. The van der Waals surface area contributed by atoms with E-state index in [9.17, 15) is 4.79 Å². The van der Waals surface area contributed by atoms with Gasteiger partial charge in [0.2, 0.25) is 0 Å². The summed E-state index contributed by atoms with van der Waals surface area (Å²) in [4.78, 5) is 10.7. The van der Waals surface area contributed by atoms with Crippen LogP contribution in [0.2, 0.25) is 0 Å². The van der Waals surface area contributed by atoms with Gasteiger partial charge in [0.1, 0.15) is 5.78 Å². The van der Waals surface area contributed by atoms with Crippen molar-refractivity contribution in [1.29, 1.82) is 0 Å². The molecular formula is C8H16N2O. The van der Waals surface area contributed by atoms with E-state index < -0.39 is 0 Å². The SMILES string of the molecule is C/C=N\NC(C)(C)CC(C)=O. The molecule has 0 saturated heterocycles. The summed E-state index contributed by atoms with van der Waals surface area (Å²) < 4.78 is 0. The minimum absolute atomic E-state index is 0.175. The van der Waals surface area contributed by atoms with Crippen LogP contribution in [-0.2, 0) is 4.79 Å². The summed E-state index contributed by atoms with van der Waals surface area (Å²) in [6, 6.07) is 0. The van der Waals surface area contributed by atoms with Crippen LogP contribution in [0.4, 0.5) is 0 Å². The van der Waals surface area contributed by atoms with E-state index in [-0.39, 0.29) is 11.3 Å². The van der Waals surface area contributed by atoms with Gasteiger partial charge >= 0.3 is 0 Å². The van der Waals surface area contributed by atoms with Crippen molar-refractivity contribution < 1.29 is 4.79 Å². The highest BCUT2D eigenvalue weighted by atomic mass is 16.1. The van der Waals surface area contributed by atoms with Gasteiger partial charge in [0, 0.05) is 12.6 Å². The molecule has 0 bridgehead atoms. The van der Waals surface area contributed by atoms with E-state index in [1.165, 1.54) is 0 Å². The average Bonchev–Trinajstić information content (AvgIpc) is 1.81. The summed E-state index contributed by atoms with van der Waals surface area (Å²) in [6.07, 6.45) is 2.17. The first-order valence-electron chi connectivity index (χ1n) is 3.72. The first-order chi connectivity index (χ1) is 4.98. The number of hydrogen-bond acceptors (Lipinski definition) is 3. The molecule has 0 aliphatic heterocycles. The fourth-order valence-electron chi connectivity index (χ4n) is 0.901. The van der Waals surface area contributed by atoms with Gasteiger partial charge in [0.15, 0.2) is 0 Å². The minimum Gasteiger partial charge on any atom is -0.304 e. The Hall–Kier alpha value is -0.860. The first kappa shape index (κ1) is 10.1.